The van der Waals surface area contributed by atoms with Crippen molar-refractivity contribution in [2.24, 2.45) is 5.92 Å². The Balaban J connectivity index is 1.58. The summed E-state index contributed by atoms with van der Waals surface area (Å²) in [5.41, 5.74) is 3.43. The first kappa shape index (κ1) is 17.7. The number of carbonyl (C=O) groups excluding carboxylic acids is 1. The zero-order chi connectivity index (χ0) is 17.5. The molecule has 2 aromatic rings. The van der Waals surface area contributed by atoms with E-state index in [1.54, 1.807) is 0 Å². The molecule has 0 aliphatic carbocycles. The molecule has 1 aliphatic heterocycles. The molecular weight excluding hydrogens is 308 g/mol. The maximum absolute atomic E-state index is 13.0. The minimum absolute atomic E-state index is 0.199. The lowest BCUT2D eigenvalue weighted by Crippen LogP contribution is -2.39. The number of likely N-dealkylation sites (tertiary alicyclic amines) is 1. The first-order chi connectivity index (χ1) is 12.3. The maximum Gasteiger partial charge on any atom is 0.254 e. The van der Waals surface area contributed by atoms with Crippen molar-refractivity contribution in [1.29, 1.82) is 0 Å². The fraction of sp³-hybridized carbons (Fsp3) is 0.409. The van der Waals surface area contributed by atoms with E-state index in [9.17, 15) is 4.79 Å². The van der Waals surface area contributed by atoms with E-state index in [-0.39, 0.29) is 5.91 Å². The molecule has 2 aromatic carbocycles. The second-order valence-electron chi connectivity index (χ2n) is 6.94. The van der Waals surface area contributed by atoms with Crippen LogP contribution >= 0.6 is 0 Å². The molecule has 3 nitrogen and oxygen atoms in total. The van der Waals surface area contributed by atoms with Gasteiger partial charge in [0, 0.05) is 18.7 Å². The molecule has 1 aliphatic rings. The van der Waals surface area contributed by atoms with Crippen molar-refractivity contribution < 1.29 is 4.79 Å². The lowest BCUT2D eigenvalue weighted by atomic mass is 9.90. The van der Waals surface area contributed by atoms with Gasteiger partial charge in [-0.25, -0.2) is 0 Å². The van der Waals surface area contributed by atoms with Crippen molar-refractivity contribution in [3.05, 3.63) is 71.3 Å². The average molecular weight is 336 g/mol. The highest BCUT2D eigenvalue weighted by Crippen LogP contribution is 2.23. The molecule has 1 amide bonds. The highest BCUT2D eigenvalue weighted by molar-refractivity contribution is 5.95. The molecule has 0 saturated carbocycles. The van der Waals surface area contributed by atoms with Gasteiger partial charge in [-0.2, -0.15) is 0 Å². The molecule has 132 valence electrons. The van der Waals surface area contributed by atoms with Crippen LogP contribution in [0.5, 0.6) is 0 Å². The van der Waals surface area contributed by atoms with Gasteiger partial charge in [-0.1, -0.05) is 48.5 Å². The van der Waals surface area contributed by atoms with Crippen LogP contribution in [-0.2, 0) is 12.8 Å². The summed E-state index contributed by atoms with van der Waals surface area (Å²) < 4.78 is 0. The largest absolute Gasteiger partial charge is 0.339 e. The molecule has 25 heavy (non-hydrogen) atoms. The maximum atomic E-state index is 13.0. The summed E-state index contributed by atoms with van der Waals surface area (Å²) in [6.45, 7) is 2.64. The van der Waals surface area contributed by atoms with E-state index in [1.165, 1.54) is 5.56 Å². The van der Waals surface area contributed by atoms with E-state index in [4.69, 9.17) is 0 Å². The van der Waals surface area contributed by atoms with E-state index in [1.807, 2.05) is 30.1 Å². The predicted molar refractivity (Wildman–Crippen MR) is 103 cm³/mol. The Bertz CT molecular complexity index is 675. The third-order valence-electron chi connectivity index (χ3n) is 5.16. The van der Waals surface area contributed by atoms with Gasteiger partial charge in [-0.3, -0.25) is 4.79 Å². The van der Waals surface area contributed by atoms with Crippen LogP contribution in [-0.4, -0.2) is 37.5 Å². The molecular formula is C22H28N2O. The van der Waals surface area contributed by atoms with Crippen LogP contribution in [0.15, 0.2) is 54.6 Å². The summed E-state index contributed by atoms with van der Waals surface area (Å²) in [5, 5.41) is 3.17. The van der Waals surface area contributed by atoms with Crippen molar-refractivity contribution in [1.82, 2.24) is 10.2 Å². The Labute approximate surface area is 151 Å². The Hall–Kier alpha value is -2.13. The summed E-state index contributed by atoms with van der Waals surface area (Å²) in [6.07, 6.45) is 4.21. The number of amides is 1. The number of benzene rings is 2. The Morgan fingerprint density at radius 1 is 1.04 bits per heavy atom. The highest BCUT2D eigenvalue weighted by atomic mass is 16.2. The average Bonchev–Trinajstić information content (AvgIpc) is 2.67. The standard InChI is InChI=1S/C22H28N2O/c1-23-14-11-20-9-5-6-10-21(20)22(25)24-15-12-19(13-16-24)17-18-7-3-2-4-8-18/h2-10,19,23H,11-17H2,1H3. The summed E-state index contributed by atoms with van der Waals surface area (Å²) in [5.74, 6) is 0.885. The highest BCUT2D eigenvalue weighted by Gasteiger charge is 2.24. The van der Waals surface area contributed by atoms with Crippen molar-refractivity contribution >= 4 is 5.91 Å². The predicted octanol–water partition coefficient (Wildman–Crippen LogP) is 3.54. The monoisotopic (exact) mass is 336 g/mol. The molecule has 0 unspecified atom stereocenters. The normalized spacial score (nSPS) is 15.3. The first-order valence-electron chi connectivity index (χ1n) is 9.33. The molecule has 0 bridgehead atoms. The molecule has 1 fully saturated rings. The van der Waals surface area contributed by atoms with Gasteiger partial charge in [0.05, 0.1) is 0 Å². The van der Waals surface area contributed by atoms with Crippen molar-refractivity contribution in [2.45, 2.75) is 25.7 Å². The number of piperidine rings is 1. The lowest BCUT2D eigenvalue weighted by Gasteiger charge is -2.32. The smallest absolute Gasteiger partial charge is 0.254 e. The number of carbonyl (C=O) groups is 1. The number of hydrogen-bond donors (Lipinski definition) is 1. The Kier molecular flexibility index (Phi) is 6.24. The quantitative estimate of drug-likeness (QED) is 0.875. The van der Waals surface area contributed by atoms with Gasteiger partial charge in [0.15, 0.2) is 0 Å². The molecule has 0 aromatic heterocycles. The third kappa shape index (κ3) is 4.70. The van der Waals surface area contributed by atoms with Crippen LogP contribution in [0.3, 0.4) is 0 Å². The number of hydrogen-bond acceptors (Lipinski definition) is 2. The first-order valence-corrected chi connectivity index (χ1v) is 9.33. The summed E-state index contributed by atoms with van der Waals surface area (Å²) in [6, 6.07) is 18.7. The van der Waals surface area contributed by atoms with Gasteiger partial charge in [0.25, 0.3) is 5.91 Å². The van der Waals surface area contributed by atoms with Crippen molar-refractivity contribution in [3.63, 3.8) is 0 Å². The van der Waals surface area contributed by atoms with Crippen molar-refractivity contribution in [2.75, 3.05) is 26.7 Å². The number of likely N-dealkylation sites (N-methyl/N-ethyl adjacent to an activating group) is 1. The van der Waals surface area contributed by atoms with E-state index in [0.29, 0.717) is 5.92 Å². The van der Waals surface area contributed by atoms with E-state index < -0.39 is 0 Å². The summed E-state index contributed by atoms with van der Waals surface area (Å²) in [7, 11) is 1.95. The van der Waals surface area contributed by atoms with Gasteiger partial charge < -0.3 is 10.2 Å². The van der Waals surface area contributed by atoms with Crippen LogP contribution in [0.4, 0.5) is 0 Å². The van der Waals surface area contributed by atoms with Crippen LogP contribution in [0.25, 0.3) is 0 Å². The number of nitrogens with zero attached hydrogens (tertiary/aromatic N) is 1. The second-order valence-corrected chi connectivity index (χ2v) is 6.94. The third-order valence-corrected chi connectivity index (χ3v) is 5.16. The topological polar surface area (TPSA) is 32.3 Å². The zero-order valence-electron chi connectivity index (χ0n) is 15.1. The fourth-order valence-corrected chi connectivity index (χ4v) is 3.66. The zero-order valence-corrected chi connectivity index (χ0v) is 15.1. The molecule has 3 rings (SSSR count). The fourth-order valence-electron chi connectivity index (χ4n) is 3.66. The van der Waals surface area contributed by atoms with Crippen LogP contribution in [0.1, 0.15) is 34.3 Å². The van der Waals surface area contributed by atoms with Gasteiger partial charge in [-0.15, -0.1) is 0 Å². The van der Waals surface area contributed by atoms with Crippen LogP contribution < -0.4 is 5.32 Å². The molecule has 3 heteroatoms. The number of rotatable bonds is 6. The van der Waals surface area contributed by atoms with Crippen LogP contribution in [0, 0.1) is 5.92 Å². The van der Waals surface area contributed by atoms with E-state index in [0.717, 1.165) is 56.4 Å². The van der Waals surface area contributed by atoms with Gasteiger partial charge in [0.1, 0.15) is 0 Å². The van der Waals surface area contributed by atoms with Crippen LogP contribution in [0.2, 0.25) is 0 Å². The molecule has 1 saturated heterocycles. The van der Waals surface area contributed by atoms with Gasteiger partial charge in [-0.05, 0) is 62.4 Å². The minimum atomic E-state index is 0.199. The Morgan fingerprint density at radius 3 is 2.44 bits per heavy atom. The molecule has 0 spiro atoms. The minimum Gasteiger partial charge on any atom is -0.339 e. The van der Waals surface area contributed by atoms with E-state index >= 15 is 0 Å². The molecule has 0 atom stereocenters. The van der Waals surface area contributed by atoms with Crippen molar-refractivity contribution in [3.8, 4) is 0 Å². The molecule has 0 radical (unpaired) electrons. The van der Waals surface area contributed by atoms with Gasteiger partial charge >= 0.3 is 0 Å². The summed E-state index contributed by atoms with van der Waals surface area (Å²) in [4.78, 5) is 15.0. The molecule has 1 N–H and O–H groups in total. The SMILES string of the molecule is CNCCc1ccccc1C(=O)N1CCC(Cc2ccccc2)CC1. The second kappa shape index (κ2) is 8.82. The molecule has 1 heterocycles. The lowest BCUT2D eigenvalue weighted by molar-refractivity contribution is 0.0689. The van der Waals surface area contributed by atoms with E-state index in [2.05, 4.69) is 41.7 Å². The Morgan fingerprint density at radius 2 is 1.72 bits per heavy atom. The van der Waals surface area contributed by atoms with Gasteiger partial charge in [0.2, 0.25) is 0 Å². The summed E-state index contributed by atoms with van der Waals surface area (Å²) >= 11 is 0. The number of nitrogens with one attached hydrogen (secondary N) is 1.